The molecule has 0 saturated heterocycles. The SMILES string of the molecule is O=C(CNc1cc(Cl)ccc1-n1cccn1)N1CCc2ccccc21. The average Bonchev–Trinajstić information content (AvgIpc) is 3.29. The monoisotopic (exact) mass is 352 g/mol. The summed E-state index contributed by atoms with van der Waals surface area (Å²) in [6.07, 6.45) is 4.47. The number of carbonyl (C=O) groups is 1. The maximum atomic E-state index is 12.7. The van der Waals surface area contributed by atoms with Crippen molar-refractivity contribution >= 4 is 28.9 Å². The summed E-state index contributed by atoms with van der Waals surface area (Å²) >= 11 is 6.12. The predicted octanol–water partition coefficient (Wildman–Crippen LogP) is 3.53. The molecule has 5 nitrogen and oxygen atoms in total. The lowest BCUT2D eigenvalue weighted by Crippen LogP contribution is -2.34. The summed E-state index contributed by atoms with van der Waals surface area (Å²) in [6.45, 7) is 0.921. The highest BCUT2D eigenvalue weighted by atomic mass is 35.5. The van der Waals surface area contributed by atoms with Gasteiger partial charge in [-0.3, -0.25) is 4.79 Å². The van der Waals surface area contributed by atoms with Crippen molar-refractivity contribution < 1.29 is 4.79 Å². The lowest BCUT2D eigenvalue weighted by molar-refractivity contribution is -0.116. The van der Waals surface area contributed by atoms with Gasteiger partial charge in [-0.1, -0.05) is 29.8 Å². The van der Waals surface area contributed by atoms with Gasteiger partial charge in [-0.2, -0.15) is 5.10 Å². The fraction of sp³-hybridized carbons (Fsp3) is 0.158. The van der Waals surface area contributed by atoms with Gasteiger partial charge in [-0.25, -0.2) is 4.68 Å². The molecule has 0 atom stereocenters. The van der Waals surface area contributed by atoms with Crippen LogP contribution in [-0.2, 0) is 11.2 Å². The molecule has 3 aromatic rings. The first-order chi connectivity index (χ1) is 12.2. The number of halogens is 1. The van der Waals surface area contributed by atoms with E-state index in [1.807, 2.05) is 53.6 Å². The van der Waals surface area contributed by atoms with Gasteiger partial charge in [0.2, 0.25) is 5.91 Å². The summed E-state index contributed by atoms with van der Waals surface area (Å²) in [5.74, 6) is 0.0383. The molecule has 0 spiro atoms. The summed E-state index contributed by atoms with van der Waals surface area (Å²) in [4.78, 5) is 14.5. The zero-order valence-corrected chi connectivity index (χ0v) is 14.3. The van der Waals surface area contributed by atoms with Crippen LogP contribution in [-0.4, -0.2) is 28.8 Å². The van der Waals surface area contributed by atoms with Crippen molar-refractivity contribution in [2.75, 3.05) is 23.3 Å². The number of benzene rings is 2. The van der Waals surface area contributed by atoms with Crippen LogP contribution in [0.15, 0.2) is 60.9 Å². The van der Waals surface area contributed by atoms with Crippen LogP contribution in [0.4, 0.5) is 11.4 Å². The molecule has 0 fully saturated rings. The van der Waals surface area contributed by atoms with Crippen LogP contribution in [0.3, 0.4) is 0 Å². The minimum absolute atomic E-state index is 0.0383. The molecule has 1 aliphatic heterocycles. The Kier molecular flexibility index (Phi) is 4.15. The zero-order valence-electron chi connectivity index (χ0n) is 13.5. The van der Waals surface area contributed by atoms with E-state index in [0.717, 1.165) is 30.0 Å². The van der Waals surface area contributed by atoms with E-state index in [0.29, 0.717) is 5.02 Å². The highest BCUT2D eigenvalue weighted by molar-refractivity contribution is 6.31. The maximum absolute atomic E-state index is 12.7. The number of nitrogens with zero attached hydrogens (tertiary/aromatic N) is 3. The van der Waals surface area contributed by atoms with Crippen LogP contribution in [0, 0.1) is 0 Å². The van der Waals surface area contributed by atoms with Gasteiger partial charge < -0.3 is 10.2 Å². The number of para-hydroxylation sites is 1. The summed E-state index contributed by atoms with van der Waals surface area (Å²) in [6, 6.07) is 15.4. The summed E-state index contributed by atoms with van der Waals surface area (Å²) < 4.78 is 1.74. The molecular weight excluding hydrogens is 336 g/mol. The second kappa shape index (κ2) is 6.61. The second-order valence-electron chi connectivity index (χ2n) is 5.89. The fourth-order valence-electron chi connectivity index (χ4n) is 3.12. The van der Waals surface area contributed by atoms with Crippen molar-refractivity contribution in [3.05, 3.63) is 71.5 Å². The third kappa shape index (κ3) is 3.10. The van der Waals surface area contributed by atoms with E-state index in [2.05, 4.69) is 16.5 Å². The van der Waals surface area contributed by atoms with Crippen LogP contribution in [0.25, 0.3) is 5.69 Å². The molecule has 0 unspecified atom stereocenters. The predicted molar refractivity (Wildman–Crippen MR) is 99.6 cm³/mol. The fourth-order valence-corrected chi connectivity index (χ4v) is 3.30. The van der Waals surface area contributed by atoms with Crippen LogP contribution in [0.5, 0.6) is 0 Å². The van der Waals surface area contributed by atoms with Gasteiger partial charge in [0.15, 0.2) is 0 Å². The third-order valence-corrected chi connectivity index (χ3v) is 4.56. The van der Waals surface area contributed by atoms with Gasteiger partial charge in [0.05, 0.1) is 17.9 Å². The smallest absolute Gasteiger partial charge is 0.246 e. The number of aromatic nitrogens is 2. The van der Waals surface area contributed by atoms with Crippen molar-refractivity contribution in [1.82, 2.24) is 9.78 Å². The number of hydrogen-bond acceptors (Lipinski definition) is 3. The van der Waals surface area contributed by atoms with Gasteiger partial charge in [-0.15, -0.1) is 0 Å². The van der Waals surface area contributed by atoms with Crippen molar-refractivity contribution in [2.24, 2.45) is 0 Å². The molecule has 2 aromatic carbocycles. The largest absolute Gasteiger partial charge is 0.374 e. The molecule has 1 N–H and O–H groups in total. The van der Waals surface area contributed by atoms with E-state index in [4.69, 9.17) is 11.6 Å². The number of carbonyl (C=O) groups excluding carboxylic acids is 1. The number of amides is 1. The molecule has 0 saturated carbocycles. The van der Waals surface area contributed by atoms with E-state index >= 15 is 0 Å². The van der Waals surface area contributed by atoms with Crippen LogP contribution in [0.2, 0.25) is 5.02 Å². The number of fused-ring (bicyclic) bond motifs is 1. The van der Waals surface area contributed by atoms with E-state index in [9.17, 15) is 4.79 Å². The Labute approximate surface area is 150 Å². The van der Waals surface area contributed by atoms with Crippen LogP contribution >= 0.6 is 11.6 Å². The Morgan fingerprint density at radius 1 is 1.16 bits per heavy atom. The second-order valence-corrected chi connectivity index (χ2v) is 6.33. The van der Waals surface area contributed by atoms with Crippen molar-refractivity contribution in [3.8, 4) is 5.69 Å². The molecule has 4 rings (SSSR count). The minimum Gasteiger partial charge on any atom is -0.374 e. The highest BCUT2D eigenvalue weighted by Gasteiger charge is 2.23. The summed E-state index contributed by atoms with van der Waals surface area (Å²) in [7, 11) is 0. The quantitative estimate of drug-likeness (QED) is 0.781. The Bertz CT molecular complexity index is 908. The van der Waals surface area contributed by atoms with Crippen molar-refractivity contribution in [2.45, 2.75) is 6.42 Å². The standard InChI is InChI=1S/C19H17ClN4O/c20-15-6-7-18(24-10-3-9-22-24)16(12-15)21-13-19(25)23-11-8-14-4-1-2-5-17(14)23/h1-7,9-10,12,21H,8,11,13H2. The minimum atomic E-state index is 0.0383. The molecule has 6 heteroatoms. The van der Waals surface area contributed by atoms with Crippen LogP contribution in [0.1, 0.15) is 5.56 Å². The summed E-state index contributed by atoms with van der Waals surface area (Å²) in [5, 5.41) is 8.07. The van der Waals surface area contributed by atoms with Crippen molar-refractivity contribution in [3.63, 3.8) is 0 Å². The van der Waals surface area contributed by atoms with E-state index < -0.39 is 0 Å². The maximum Gasteiger partial charge on any atom is 0.246 e. The molecule has 1 aromatic heterocycles. The highest BCUT2D eigenvalue weighted by Crippen LogP contribution is 2.28. The average molecular weight is 353 g/mol. The Morgan fingerprint density at radius 2 is 2.04 bits per heavy atom. The Balaban J connectivity index is 1.52. The van der Waals surface area contributed by atoms with Gasteiger partial charge in [0, 0.05) is 29.6 Å². The number of hydrogen-bond donors (Lipinski definition) is 1. The van der Waals surface area contributed by atoms with Crippen LogP contribution < -0.4 is 10.2 Å². The van der Waals surface area contributed by atoms with E-state index in [1.165, 1.54) is 5.56 Å². The Morgan fingerprint density at radius 3 is 2.88 bits per heavy atom. The zero-order chi connectivity index (χ0) is 17.2. The normalized spacial score (nSPS) is 12.9. The molecule has 126 valence electrons. The number of anilines is 2. The molecule has 1 amide bonds. The summed E-state index contributed by atoms with van der Waals surface area (Å²) in [5.41, 5.74) is 3.85. The molecule has 0 aliphatic carbocycles. The molecule has 0 radical (unpaired) electrons. The van der Waals surface area contributed by atoms with Gasteiger partial charge in [0.25, 0.3) is 0 Å². The molecule has 1 aliphatic rings. The first-order valence-electron chi connectivity index (χ1n) is 8.14. The number of rotatable bonds is 4. The van der Waals surface area contributed by atoms with Gasteiger partial charge in [-0.05, 0) is 42.3 Å². The lowest BCUT2D eigenvalue weighted by Gasteiger charge is -2.19. The van der Waals surface area contributed by atoms with E-state index in [1.54, 1.807) is 10.9 Å². The van der Waals surface area contributed by atoms with Gasteiger partial charge in [0.1, 0.15) is 0 Å². The van der Waals surface area contributed by atoms with Gasteiger partial charge >= 0.3 is 0 Å². The molecule has 25 heavy (non-hydrogen) atoms. The third-order valence-electron chi connectivity index (χ3n) is 4.33. The molecule has 0 bridgehead atoms. The molecular formula is C19H17ClN4O. The lowest BCUT2D eigenvalue weighted by atomic mass is 10.2. The first-order valence-corrected chi connectivity index (χ1v) is 8.52. The topological polar surface area (TPSA) is 50.2 Å². The Hall–Kier alpha value is -2.79. The van der Waals surface area contributed by atoms with E-state index in [-0.39, 0.29) is 12.5 Å². The first kappa shape index (κ1) is 15.7. The number of nitrogens with one attached hydrogen (secondary N) is 1. The van der Waals surface area contributed by atoms with Crippen molar-refractivity contribution in [1.29, 1.82) is 0 Å². The molecule has 2 heterocycles.